The molecule has 0 aromatic rings. The zero-order chi connectivity index (χ0) is 11.8. The van der Waals surface area contributed by atoms with E-state index in [4.69, 9.17) is 27.9 Å². The van der Waals surface area contributed by atoms with E-state index in [-0.39, 0.29) is 11.6 Å². The van der Waals surface area contributed by atoms with Gasteiger partial charge in [-0.25, -0.2) is 9.59 Å². The molecule has 0 N–H and O–H groups in total. The van der Waals surface area contributed by atoms with Crippen molar-refractivity contribution >= 4 is 35.1 Å². The monoisotopic (exact) mass is 256 g/mol. The van der Waals surface area contributed by atoms with Gasteiger partial charge in [0.05, 0.1) is 26.2 Å². The van der Waals surface area contributed by atoms with Crippen LogP contribution in [0.3, 0.4) is 0 Å². The maximum Gasteiger partial charge on any atom is 0.373 e. The molecule has 0 aromatic heterocycles. The highest BCUT2D eigenvalue weighted by Gasteiger charge is 2.17. The summed E-state index contributed by atoms with van der Waals surface area (Å²) in [7, 11) is 2.30. The molecule has 0 aromatic carbocycles. The quantitative estimate of drug-likeness (QED) is 0.318. The minimum atomic E-state index is -0.929. The fraction of sp³-hybridized carbons (Fsp3) is 0.500. The van der Waals surface area contributed by atoms with Crippen molar-refractivity contribution in [3.05, 3.63) is 11.8 Å². The lowest BCUT2D eigenvalue weighted by molar-refractivity contribution is -0.142. The Morgan fingerprint density at radius 3 is 2.33 bits per heavy atom. The predicted molar refractivity (Wildman–Crippen MR) is 53.6 cm³/mol. The lowest BCUT2D eigenvalue weighted by Crippen LogP contribution is -2.16. The minimum Gasteiger partial charge on any atom is -0.466 e. The normalized spacial score (nSPS) is 12.9. The average Bonchev–Trinajstić information content (AvgIpc) is 2.26. The molecular formula is C8H10Cl2O5. The van der Waals surface area contributed by atoms with Gasteiger partial charge >= 0.3 is 11.9 Å². The molecule has 0 saturated carbocycles. The highest BCUT2D eigenvalue weighted by Crippen LogP contribution is 2.10. The summed E-state index contributed by atoms with van der Waals surface area (Å²) in [5, 5.41) is 0. The molecule has 0 saturated heterocycles. The highest BCUT2D eigenvalue weighted by molar-refractivity contribution is 6.27. The van der Waals surface area contributed by atoms with Crippen LogP contribution < -0.4 is 0 Å². The number of hydrogen-bond donors (Lipinski definition) is 0. The van der Waals surface area contributed by atoms with Gasteiger partial charge in [-0.05, 0) is 0 Å². The molecule has 0 aliphatic carbocycles. The first-order valence-electron chi connectivity index (χ1n) is 3.79. The molecule has 0 rings (SSSR count). The molecule has 0 radical (unpaired) electrons. The number of esters is 2. The molecule has 0 aliphatic rings. The zero-order valence-electron chi connectivity index (χ0n) is 8.16. The van der Waals surface area contributed by atoms with Crippen molar-refractivity contribution in [3.63, 3.8) is 0 Å². The molecule has 0 bridgehead atoms. The Hall–Kier alpha value is -0.940. The van der Waals surface area contributed by atoms with Crippen molar-refractivity contribution in [2.75, 3.05) is 20.1 Å². The van der Waals surface area contributed by atoms with Gasteiger partial charge in [0.25, 0.3) is 0 Å². The summed E-state index contributed by atoms with van der Waals surface area (Å²) in [6.45, 7) is 0. The summed E-state index contributed by atoms with van der Waals surface area (Å²) >= 11 is 10.9. The molecule has 1 unspecified atom stereocenters. The third-order valence-electron chi connectivity index (χ3n) is 1.21. The summed E-state index contributed by atoms with van der Waals surface area (Å²) in [6, 6.07) is 0. The topological polar surface area (TPSA) is 61.8 Å². The summed E-state index contributed by atoms with van der Waals surface area (Å²) in [6.07, 6.45) is 0.827. The third-order valence-corrected chi connectivity index (χ3v) is 1.89. The van der Waals surface area contributed by atoms with Crippen LogP contribution in [0.4, 0.5) is 0 Å². The first-order valence-corrected chi connectivity index (χ1v) is 4.76. The Bertz CT molecular complexity index is 264. The van der Waals surface area contributed by atoms with Gasteiger partial charge in [0.15, 0.2) is 5.56 Å². The second kappa shape index (κ2) is 7.36. The van der Waals surface area contributed by atoms with E-state index in [2.05, 4.69) is 9.47 Å². The largest absolute Gasteiger partial charge is 0.466 e. The minimum absolute atomic E-state index is 0.0446. The number of alkyl halides is 2. The van der Waals surface area contributed by atoms with Crippen molar-refractivity contribution < 1.29 is 23.8 Å². The summed E-state index contributed by atoms with van der Waals surface area (Å²) in [4.78, 5) is 21.9. The van der Waals surface area contributed by atoms with Crippen molar-refractivity contribution in [2.45, 2.75) is 5.56 Å². The average molecular weight is 257 g/mol. The second-order valence-corrected chi connectivity index (χ2v) is 3.00. The Balaban J connectivity index is 4.65. The van der Waals surface area contributed by atoms with Gasteiger partial charge in [-0.3, -0.25) is 0 Å². The Morgan fingerprint density at radius 2 is 1.93 bits per heavy atom. The maximum atomic E-state index is 11.1. The molecule has 0 aliphatic heterocycles. The number of hydrogen-bond acceptors (Lipinski definition) is 5. The Morgan fingerprint density at radius 1 is 1.33 bits per heavy atom. The van der Waals surface area contributed by atoms with Crippen LogP contribution in [0.15, 0.2) is 11.8 Å². The van der Waals surface area contributed by atoms with Crippen LogP contribution in [-0.2, 0) is 23.8 Å². The van der Waals surface area contributed by atoms with E-state index in [9.17, 15) is 9.59 Å². The van der Waals surface area contributed by atoms with Gasteiger partial charge in [0.1, 0.15) is 0 Å². The Kier molecular flexibility index (Phi) is 6.90. The lowest BCUT2D eigenvalue weighted by atomic mass is 10.4. The molecule has 0 amide bonds. The van der Waals surface area contributed by atoms with E-state index < -0.39 is 17.5 Å². The highest BCUT2D eigenvalue weighted by atomic mass is 35.5. The van der Waals surface area contributed by atoms with Gasteiger partial charge in [-0.1, -0.05) is 11.6 Å². The molecular weight excluding hydrogens is 247 g/mol. The number of methoxy groups -OCH3 is 2. The first-order chi connectivity index (χ1) is 7.04. The fourth-order valence-electron chi connectivity index (χ4n) is 0.577. The second-order valence-electron chi connectivity index (χ2n) is 2.21. The van der Waals surface area contributed by atoms with Crippen molar-refractivity contribution in [3.8, 4) is 0 Å². The molecule has 5 nitrogen and oxygen atoms in total. The van der Waals surface area contributed by atoms with Crippen LogP contribution in [0.25, 0.3) is 0 Å². The molecule has 7 heteroatoms. The van der Waals surface area contributed by atoms with Crippen molar-refractivity contribution in [2.24, 2.45) is 0 Å². The van der Waals surface area contributed by atoms with Crippen LogP contribution in [0.1, 0.15) is 0 Å². The van der Waals surface area contributed by atoms with Gasteiger partial charge in [-0.2, -0.15) is 0 Å². The SMILES string of the molecule is COC(=O)C=C(OC(Cl)CCl)C(=O)OC. The van der Waals surface area contributed by atoms with Crippen molar-refractivity contribution in [1.29, 1.82) is 0 Å². The molecule has 0 heterocycles. The van der Waals surface area contributed by atoms with Crippen LogP contribution in [-0.4, -0.2) is 37.6 Å². The molecule has 1 atom stereocenters. The summed E-state index contributed by atoms with van der Waals surface area (Å²) < 4.78 is 13.5. The van der Waals surface area contributed by atoms with E-state index in [1.165, 1.54) is 0 Å². The van der Waals surface area contributed by atoms with Crippen LogP contribution in [0.5, 0.6) is 0 Å². The number of carbonyl (C=O) groups excluding carboxylic acids is 2. The van der Waals surface area contributed by atoms with E-state index in [1.807, 2.05) is 0 Å². The number of carbonyl (C=O) groups is 2. The van der Waals surface area contributed by atoms with Gasteiger partial charge in [-0.15, -0.1) is 11.6 Å². The predicted octanol–water partition coefficient (Wildman–Crippen LogP) is 1.04. The summed E-state index contributed by atoms with van der Waals surface area (Å²) in [5.41, 5.74) is -0.929. The molecule has 15 heavy (non-hydrogen) atoms. The van der Waals surface area contributed by atoms with E-state index >= 15 is 0 Å². The van der Waals surface area contributed by atoms with Crippen molar-refractivity contribution in [1.82, 2.24) is 0 Å². The van der Waals surface area contributed by atoms with E-state index in [0.29, 0.717) is 0 Å². The van der Waals surface area contributed by atoms with Crippen LogP contribution >= 0.6 is 23.2 Å². The van der Waals surface area contributed by atoms with Gasteiger partial charge in [0, 0.05) is 0 Å². The van der Waals surface area contributed by atoms with Crippen LogP contribution in [0.2, 0.25) is 0 Å². The number of ether oxygens (including phenoxy) is 3. The molecule has 0 spiro atoms. The molecule has 86 valence electrons. The fourth-order valence-corrected chi connectivity index (χ4v) is 0.736. The lowest BCUT2D eigenvalue weighted by Gasteiger charge is -2.10. The van der Waals surface area contributed by atoms with E-state index in [0.717, 1.165) is 20.3 Å². The smallest absolute Gasteiger partial charge is 0.373 e. The number of rotatable bonds is 5. The van der Waals surface area contributed by atoms with E-state index in [1.54, 1.807) is 0 Å². The molecule has 0 fully saturated rings. The van der Waals surface area contributed by atoms with Crippen LogP contribution in [0, 0.1) is 0 Å². The summed E-state index contributed by atoms with van der Waals surface area (Å²) in [5.74, 6) is -1.99. The Labute approximate surface area is 96.9 Å². The maximum absolute atomic E-state index is 11.1. The zero-order valence-corrected chi connectivity index (χ0v) is 9.67. The van der Waals surface area contributed by atoms with Gasteiger partial charge in [0.2, 0.25) is 5.76 Å². The number of halogens is 2. The first kappa shape index (κ1) is 14.1. The van der Waals surface area contributed by atoms with Gasteiger partial charge < -0.3 is 14.2 Å². The third kappa shape index (κ3) is 5.49. The standard InChI is InChI=1S/C8H10Cl2O5/c1-13-7(11)3-5(8(12)14-2)15-6(10)4-9/h3,6H,4H2,1-2H3.